The van der Waals surface area contributed by atoms with Gasteiger partial charge in [0.2, 0.25) is 5.91 Å². The topological polar surface area (TPSA) is 41.1 Å². The molecule has 0 aliphatic rings. The number of carbonyl (C=O) groups excluding carboxylic acids is 1. The zero-order valence-corrected chi connectivity index (χ0v) is 12.5. The van der Waals surface area contributed by atoms with Crippen molar-refractivity contribution in [1.82, 2.24) is 0 Å². The van der Waals surface area contributed by atoms with Gasteiger partial charge in [0.25, 0.3) is 0 Å². The molecule has 0 aromatic heterocycles. The number of benzene rings is 2. The first-order valence-electron chi connectivity index (χ1n) is 6.10. The Kier molecular flexibility index (Phi) is 4.74. The highest BCUT2D eigenvalue weighted by molar-refractivity contribution is 9.10. The molecular weight excluding hydrogens is 323 g/mol. The maximum absolute atomic E-state index is 13.6. The van der Waals surface area contributed by atoms with Gasteiger partial charge in [-0.1, -0.05) is 15.9 Å². The van der Waals surface area contributed by atoms with Crippen LogP contribution in [-0.4, -0.2) is 5.91 Å². The van der Waals surface area contributed by atoms with Gasteiger partial charge in [0, 0.05) is 34.9 Å². The molecule has 2 aromatic rings. The van der Waals surface area contributed by atoms with E-state index >= 15 is 0 Å². The fourth-order valence-electron chi connectivity index (χ4n) is 1.75. The van der Waals surface area contributed by atoms with Gasteiger partial charge >= 0.3 is 0 Å². The van der Waals surface area contributed by atoms with E-state index < -0.39 is 0 Å². The van der Waals surface area contributed by atoms with Crippen LogP contribution < -0.4 is 10.6 Å². The van der Waals surface area contributed by atoms with Gasteiger partial charge in [0.05, 0.1) is 0 Å². The summed E-state index contributed by atoms with van der Waals surface area (Å²) in [6.45, 7) is 1.85. The van der Waals surface area contributed by atoms with Gasteiger partial charge in [-0.3, -0.25) is 4.79 Å². The van der Waals surface area contributed by atoms with Crippen molar-refractivity contribution in [2.24, 2.45) is 0 Å². The van der Waals surface area contributed by atoms with E-state index in [1.165, 1.54) is 13.0 Å². The van der Waals surface area contributed by atoms with Crippen LogP contribution in [0.5, 0.6) is 0 Å². The van der Waals surface area contributed by atoms with Crippen molar-refractivity contribution < 1.29 is 9.18 Å². The monoisotopic (exact) mass is 336 g/mol. The summed E-state index contributed by atoms with van der Waals surface area (Å²) in [4.78, 5) is 10.9. The van der Waals surface area contributed by atoms with Crippen molar-refractivity contribution in [3.8, 4) is 0 Å². The minimum absolute atomic E-state index is 0.109. The van der Waals surface area contributed by atoms with Gasteiger partial charge in [-0.05, 0) is 42.5 Å². The van der Waals surface area contributed by atoms with Crippen molar-refractivity contribution in [3.05, 3.63) is 58.3 Å². The molecule has 0 aliphatic heterocycles. The predicted octanol–water partition coefficient (Wildman–Crippen LogP) is 4.16. The van der Waals surface area contributed by atoms with Gasteiger partial charge in [0.15, 0.2) is 0 Å². The smallest absolute Gasteiger partial charge is 0.221 e. The van der Waals surface area contributed by atoms with Crippen LogP contribution in [0.25, 0.3) is 0 Å². The first-order chi connectivity index (χ1) is 9.54. The van der Waals surface area contributed by atoms with Crippen molar-refractivity contribution >= 4 is 33.2 Å². The van der Waals surface area contributed by atoms with E-state index in [0.717, 1.165) is 15.8 Å². The molecule has 2 aromatic carbocycles. The van der Waals surface area contributed by atoms with Crippen LogP contribution in [0.15, 0.2) is 46.9 Å². The highest BCUT2D eigenvalue weighted by Crippen LogP contribution is 2.18. The quantitative estimate of drug-likeness (QED) is 0.880. The number of hydrogen-bond donors (Lipinski definition) is 2. The van der Waals surface area contributed by atoms with E-state index in [9.17, 15) is 9.18 Å². The molecular formula is C15H14BrFN2O. The molecule has 1 amide bonds. The molecule has 0 aliphatic carbocycles. The summed E-state index contributed by atoms with van der Waals surface area (Å²) in [7, 11) is 0. The molecule has 0 saturated heterocycles. The number of halogens is 2. The fraction of sp³-hybridized carbons (Fsp3) is 0.133. The second-order valence-electron chi connectivity index (χ2n) is 4.35. The lowest BCUT2D eigenvalue weighted by Crippen LogP contribution is -2.06. The molecule has 0 radical (unpaired) electrons. The normalized spacial score (nSPS) is 10.2. The maximum atomic E-state index is 13.6. The van der Waals surface area contributed by atoms with Crippen LogP contribution >= 0.6 is 15.9 Å². The van der Waals surface area contributed by atoms with Crippen LogP contribution in [0.1, 0.15) is 12.5 Å². The minimum Gasteiger partial charge on any atom is -0.381 e. The highest BCUT2D eigenvalue weighted by atomic mass is 79.9. The summed E-state index contributed by atoms with van der Waals surface area (Å²) < 4.78 is 14.4. The molecule has 0 unspecified atom stereocenters. The van der Waals surface area contributed by atoms with Crippen LogP contribution in [0.2, 0.25) is 0 Å². The number of nitrogens with one attached hydrogen (secondary N) is 2. The van der Waals surface area contributed by atoms with Crippen molar-refractivity contribution in [2.45, 2.75) is 13.5 Å². The lowest BCUT2D eigenvalue weighted by molar-refractivity contribution is -0.114. The Morgan fingerprint density at radius 2 is 1.80 bits per heavy atom. The Morgan fingerprint density at radius 1 is 1.15 bits per heavy atom. The average Bonchev–Trinajstić information content (AvgIpc) is 2.41. The lowest BCUT2D eigenvalue weighted by atomic mass is 10.2. The van der Waals surface area contributed by atoms with Gasteiger partial charge < -0.3 is 10.6 Å². The number of anilines is 2. The van der Waals surface area contributed by atoms with Gasteiger partial charge in [-0.25, -0.2) is 4.39 Å². The summed E-state index contributed by atoms with van der Waals surface area (Å²) in [5.41, 5.74) is 2.18. The lowest BCUT2D eigenvalue weighted by Gasteiger charge is -2.09. The maximum Gasteiger partial charge on any atom is 0.221 e. The third-order valence-corrected chi connectivity index (χ3v) is 3.19. The molecule has 0 atom stereocenters. The summed E-state index contributed by atoms with van der Waals surface area (Å²) in [5.74, 6) is -0.350. The largest absolute Gasteiger partial charge is 0.381 e. The summed E-state index contributed by atoms with van der Waals surface area (Å²) in [5, 5.41) is 5.83. The number of rotatable bonds is 4. The average molecular weight is 337 g/mol. The molecule has 0 fully saturated rings. The standard InChI is InChI=1S/C15H14BrFN2O/c1-10(20)19-14-5-3-13(4-6-14)18-9-11-8-12(16)2-7-15(11)17/h2-8,18H,9H2,1H3,(H,19,20). The summed E-state index contributed by atoms with van der Waals surface area (Å²) >= 11 is 3.32. The minimum atomic E-state index is -0.240. The predicted molar refractivity (Wildman–Crippen MR) is 82.2 cm³/mol. The molecule has 2 N–H and O–H groups in total. The summed E-state index contributed by atoms with van der Waals surface area (Å²) in [6.07, 6.45) is 0. The zero-order chi connectivity index (χ0) is 14.5. The SMILES string of the molecule is CC(=O)Nc1ccc(NCc2cc(Br)ccc2F)cc1. The van der Waals surface area contributed by atoms with Crippen LogP contribution in [0, 0.1) is 5.82 Å². The molecule has 0 spiro atoms. The number of carbonyl (C=O) groups is 1. The Balaban J connectivity index is 2.00. The summed E-state index contributed by atoms with van der Waals surface area (Å²) in [6, 6.07) is 12.1. The van der Waals surface area contributed by atoms with Crippen molar-refractivity contribution in [2.75, 3.05) is 10.6 Å². The van der Waals surface area contributed by atoms with E-state index in [-0.39, 0.29) is 11.7 Å². The number of hydrogen-bond acceptors (Lipinski definition) is 2. The Morgan fingerprint density at radius 3 is 2.45 bits per heavy atom. The fourth-order valence-corrected chi connectivity index (χ4v) is 2.16. The van der Waals surface area contributed by atoms with E-state index in [4.69, 9.17) is 0 Å². The second kappa shape index (κ2) is 6.52. The van der Waals surface area contributed by atoms with Gasteiger partial charge in [-0.15, -0.1) is 0 Å². The third-order valence-electron chi connectivity index (χ3n) is 2.70. The zero-order valence-electron chi connectivity index (χ0n) is 10.9. The van der Waals surface area contributed by atoms with Crippen LogP contribution in [-0.2, 0) is 11.3 Å². The van der Waals surface area contributed by atoms with E-state index in [1.807, 2.05) is 12.1 Å². The van der Waals surface area contributed by atoms with Gasteiger partial charge in [0.1, 0.15) is 5.82 Å². The molecule has 2 rings (SSSR count). The van der Waals surface area contributed by atoms with E-state index in [2.05, 4.69) is 26.6 Å². The molecule has 5 heteroatoms. The molecule has 3 nitrogen and oxygen atoms in total. The van der Waals surface area contributed by atoms with E-state index in [0.29, 0.717) is 12.1 Å². The van der Waals surface area contributed by atoms with Crippen LogP contribution in [0.4, 0.5) is 15.8 Å². The first kappa shape index (κ1) is 14.5. The Hall–Kier alpha value is -1.88. The van der Waals surface area contributed by atoms with Gasteiger partial charge in [-0.2, -0.15) is 0 Å². The Bertz CT molecular complexity index is 614. The number of amides is 1. The molecule has 0 heterocycles. The molecule has 0 saturated carbocycles. The van der Waals surface area contributed by atoms with Crippen molar-refractivity contribution in [1.29, 1.82) is 0 Å². The van der Waals surface area contributed by atoms with Crippen LogP contribution in [0.3, 0.4) is 0 Å². The second-order valence-corrected chi connectivity index (χ2v) is 5.26. The molecule has 20 heavy (non-hydrogen) atoms. The molecule has 0 bridgehead atoms. The van der Waals surface area contributed by atoms with Crippen molar-refractivity contribution in [3.63, 3.8) is 0 Å². The van der Waals surface area contributed by atoms with E-state index in [1.54, 1.807) is 24.3 Å². The highest BCUT2D eigenvalue weighted by Gasteiger charge is 2.03. The first-order valence-corrected chi connectivity index (χ1v) is 6.89. The Labute approximate surface area is 125 Å². The third kappa shape index (κ3) is 4.06. The molecule has 104 valence electrons.